The third-order valence-corrected chi connectivity index (χ3v) is 3.69. The van der Waals surface area contributed by atoms with Gasteiger partial charge in [0.05, 0.1) is 7.11 Å². The Hall–Kier alpha value is -0.610. The van der Waals surface area contributed by atoms with Crippen LogP contribution in [0.5, 0.6) is 0 Å². The largest absolute Gasteiger partial charge is 0.468 e. The second-order valence-electron chi connectivity index (χ2n) is 5.15. The smallest absolute Gasteiger partial charge is 0.327 e. The van der Waals surface area contributed by atoms with Gasteiger partial charge in [0, 0.05) is 13.1 Å². The predicted molar refractivity (Wildman–Crippen MR) is 68.9 cm³/mol. The molecule has 1 heterocycles. The van der Waals surface area contributed by atoms with E-state index in [4.69, 9.17) is 4.74 Å². The Morgan fingerprint density at radius 3 is 2.71 bits per heavy atom. The summed E-state index contributed by atoms with van der Waals surface area (Å²) in [7, 11) is 1.46. The molecule has 4 heteroatoms. The van der Waals surface area contributed by atoms with Crippen LogP contribution in [0, 0.1) is 5.92 Å². The van der Waals surface area contributed by atoms with Gasteiger partial charge in [-0.1, -0.05) is 20.3 Å². The summed E-state index contributed by atoms with van der Waals surface area (Å²) in [6, 6.07) is 0. The summed E-state index contributed by atoms with van der Waals surface area (Å²) in [5.41, 5.74) is -0.577. The van der Waals surface area contributed by atoms with E-state index in [1.807, 2.05) is 13.8 Å². The van der Waals surface area contributed by atoms with E-state index in [0.717, 1.165) is 32.1 Å². The molecule has 0 amide bonds. The van der Waals surface area contributed by atoms with Crippen molar-refractivity contribution in [3.8, 4) is 0 Å². The number of nitrogens with zero attached hydrogens (tertiary/aromatic N) is 1. The standard InChI is InChI=1S/C13H26N2O2/c1-5-11-7-8-15(9-11)10-13(3,14-6-2)12(16)17-4/h11,14H,5-10H2,1-4H3. The van der Waals surface area contributed by atoms with Gasteiger partial charge in [-0.3, -0.25) is 4.79 Å². The molecule has 0 aromatic rings. The van der Waals surface area contributed by atoms with E-state index in [0.29, 0.717) is 0 Å². The highest BCUT2D eigenvalue weighted by Gasteiger charge is 2.37. The van der Waals surface area contributed by atoms with Crippen molar-refractivity contribution in [1.29, 1.82) is 0 Å². The van der Waals surface area contributed by atoms with Crippen molar-refractivity contribution in [3.05, 3.63) is 0 Å². The molecule has 17 heavy (non-hydrogen) atoms. The number of nitrogens with one attached hydrogen (secondary N) is 1. The molecule has 100 valence electrons. The van der Waals surface area contributed by atoms with Crippen LogP contribution in [0.4, 0.5) is 0 Å². The molecule has 0 saturated carbocycles. The molecule has 0 radical (unpaired) electrons. The second kappa shape index (κ2) is 6.36. The van der Waals surface area contributed by atoms with Gasteiger partial charge < -0.3 is 15.0 Å². The first-order chi connectivity index (χ1) is 8.05. The molecule has 4 nitrogen and oxygen atoms in total. The third kappa shape index (κ3) is 3.68. The summed E-state index contributed by atoms with van der Waals surface area (Å²) in [5.74, 6) is 0.623. The van der Waals surface area contributed by atoms with Crippen molar-refractivity contribution in [2.75, 3.05) is 33.3 Å². The molecule has 1 saturated heterocycles. The highest BCUT2D eigenvalue weighted by molar-refractivity contribution is 5.80. The molecule has 1 N–H and O–H groups in total. The van der Waals surface area contributed by atoms with Gasteiger partial charge in [-0.2, -0.15) is 0 Å². The fourth-order valence-corrected chi connectivity index (χ4v) is 2.64. The van der Waals surface area contributed by atoms with Crippen molar-refractivity contribution >= 4 is 5.97 Å². The molecular weight excluding hydrogens is 216 g/mol. The summed E-state index contributed by atoms with van der Waals surface area (Å²) >= 11 is 0. The third-order valence-electron chi connectivity index (χ3n) is 3.69. The van der Waals surface area contributed by atoms with Crippen LogP contribution in [0.15, 0.2) is 0 Å². The first-order valence-corrected chi connectivity index (χ1v) is 6.61. The molecule has 1 aliphatic heterocycles. The minimum absolute atomic E-state index is 0.167. The molecule has 1 rings (SSSR count). The van der Waals surface area contributed by atoms with E-state index in [1.165, 1.54) is 20.0 Å². The summed E-state index contributed by atoms with van der Waals surface area (Å²) in [4.78, 5) is 14.2. The maximum atomic E-state index is 11.9. The summed E-state index contributed by atoms with van der Waals surface area (Å²) in [6.07, 6.45) is 2.48. The fourth-order valence-electron chi connectivity index (χ4n) is 2.64. The van der Waals surface area contributed by atoms with Crippen molar-refractivity contribution in [2.24, 2.45) is 5.92 Å². The average Bonchev–Trinajstić information content (AvgIpc) is 2.75. The zero-order valence-corrected chi connectivity index (χ0v) is 11.6. The fraction of sp³-hybridized carbons (Fsp3) is 0.923. The number of likely N-dealkylation sites (N-methyl/N-ethyl adjacent to an activating group) is 1. The molecule has 1 fully saturated rings. The van der Waals surface area contributed by atoms with Gasteiger partial charge in [0.2, 0.25) is 0 Å². The first-order valence-electron chi connectivity index (χ1n) is 6.61. The van der Waals surface area contributed by atoms with Crippen LogP contribution in [0.1, 0.15) is 33.6 Å². The van der Waals surface area contributed by atoms with Crippen molar-refractivity contribution < 1.29 is 9.53 Å². The van der Waals surface area contributed by atoms with Gasteiger partial charge in [-0.25, -0.2) is 0 Å². The monoisotopic (exact) mass is 242 g/mol. The Morgan fingerprint density at radius 2 is 2.24 bits per heavy atom. The Balaban J connectivity index is 2.58. The van der Waals surface area contributed by atoms with E-state index in [-0.39, 0.29) is 5.97 Å². The Bertz CT molecular complexity index is 258. The topological polar surface area (TPSA) is 41.6 Å². The number of likely N-dealkylation sites (tertiary alicyclic amines) is 1. The first kappa shape index (κ1) is 14.5. The lowest BCUT2D eigenvalue weighted by molar-refractivity contribution is -0.148. The van der Waals surface area contributed by atoms with Gasteiger partial charge >= 0.3 is 5.97 Å². The second-order valence-corrected chi connectivity index (χ2v) is 5.15. The van der Waals surface area contributed by atoms with Crippen LogP contribution in [0.3, 0.4) is 0 Å². The highest BCUT2D eigenvalue weighted by Crippen LogP contribution is 2.21. The lowest BCUT2D eigenvalue weighted by Gasteiger charge is -2.32. The zero-order chi connectivity index (χ0) is 12.9. The number of hydrogen-bond acceptors (Lipinski definition) is 4. The van der Waals surface area contributed by atoms with Crippen LogP contribution >= 0.6 is 0 Å². The maximum Gasteiger partial charge on any atom is 0.327 e. The average molecular weight is 242 g/mol. The van der Waals surface area contributed by atoms with Gasteiger partial charge in [0.15, 0.2) is 0 Å². The molecule has 0 aromatic carbocycles. The number of esters is 1. The minimum Gasteiger partial charge on any atom is -0.468 e. The van der Waals surface area contributed by atoms with Crippen LogP contribution < -0.4 is 5.32 Å². The quantitative estimate of drug-likeness (QED) is 0.712. The van der Waals surface area contributed by atoms with E-state index in [2.05, 4.69) is 17.1 Å². The maximum absolute atomic E-state index is 11.9. The van der Waals surface area contributed by atoms with Gasteiger partial charge in [-0.05, 0) is 32.4 Å². The number of rotatable bonds is 6. The lowest BCUT2D eigenvalue weighted by atomic mass is 10.0. The summed E-state index contributed by atoms with van der Waals surface area (Å²) in [5, 5.41) is 3.25. The Morgan fingerprint density at radius 1 is 1.53 bits per heavy atom. The molecule has 2 unspecified atom stereocenters. The Labute approximate surface area is 105 Å². The summed E-state index contributed by atoms with van der Waals surface area (Å²) < 4.78 is 4.90. The van der Waals surface area contributed by atoms with Gasteiger partial charge in [0.1, 0.15) is 5.54 Å². The van der Waals surface area contributed by atoms with E-state index in [1.54, 1.807) is 0 Å². The molecule has 0 aromatic heterocycles. The van der Waals surface area contributed by atoms with Gasteiger partial charge in [0.25, 0.3) is 0 Å². The molecule has 0 aliphatic carbocycles. The Kier molecular flexibility index (Phi) is 5.40. The van der Waals surface area contributed by atoms with E-state index < -0.39 is 5.54 Å². The molecule has 1 aliphatic rings. The number of carbonyl (C=O) groups is 1. The molecular formula is C13H26N2O2. The van der Waals surface area contributed by atoms with Crippen LogP contribution in [-0.4, -0.2) is 49.7 Å². The number of carbonyl (C=O) groups excluding carboxylic acids is 1. The number of ether oxygens (including phenoxy) is 1. The number of hydrogen-bond donors (Lipinski definition) is 1. The van der Waals surface area contributed by atoms with Gasteiger partial charge in [-0.15, -0.1) is 0 Å². The molecule has 0 spiro atoms. The molecule has 2 atom stereocenters. The van der Waals surface area contributed by atoms with Crippen molar-refractivity contribution in [1.82, 2.24) is 10.2 Å². The van der Waals surface area contributed by atoms with E-state index >= 15 is 0 Å². The van der Waals surface area contributed by atoms with Crippen LogP contribution in [0.2, 0.25) is 0 Å². The minimum atomic E-state index is -0.577. The number of methoxy groups -OCH3 is 1. The summed E-state index contributed by atoms with van der Waals surface area (Å²) in [6.45, 7) is 9.89. The lowest BCUT2D eigenvalue weighted by Crippen LogP contribution is -2.57. The highest BCUT2D eigenvalue weighted by atomic mass is 16.5. The zero-order valence-electron chi connectivity index (χ0n) is 11.6. The van der Waals surface area contributed by atoms with Crippen molar-refractivity contribution in [3.63, 3.8) is 0 Å². The molecule has 0 bridgehead atoms. The predicted octanol–water partition coefficient (Wildman–Crippen LogP) is 1.26. The normalized spacial score (nSPS) is 24.6. The van der Waals surface area contributed by atoms with Crippen LogP contribution in [0.25, 0.3) is 0 Å². The van der Waals surface area contributed by atoms with Crippen molar-refractivity contribution in [2.45, 2.75) is 39.2 Å². The van der Waals surface area contributed by atoms with Crippen LogP contribution in [-0.2, 0) is 9.53 Å². The SMILES string of the molecule is CCNC(C)(CN1CCC(CC)C1)C(=O)OC. The van der Waals surface area contributed by atoms with E-state index in [9.17, 15) is 4.79 Å².